The van der Waals surface area contributed by atoms with Gasteiger partial charge in [0, 0.05) is 78.2 Å². The fraction of sp³-hybridized carbons (Fsp3) is 0.275. The Bertz CT molecular complexity index is 2260. The molecule has 0 aliphatic rings. The van der Waals surface area contributed by atoms with Gasteiger partial charge in [0.15, 0.2) is 9.84 Å². The monoisotopic (exact) mass is 858 g/mol. The van der Waals surface area contributed by atoms with Crippen molar-refractivity contribution < 1.29 is 42.7 Å². The number of carbonyl (C=O) groups is 1. The number of halogens is 3. The smallest absolute Gasteiger partial charge is 0.306 e. The summed E-state index contributed by atoms with van der Waals surface area (Å²) in [6.45, 7) is 1.57. The molecule has 3 aromatic carbocycles. The maximum Gasteiger partial charge on any atom is 0.306 e. The van der Waals surface area contributed by atoms with Gasteiger partial charge in [0.1, 0.15) is 30.6 Å². The first kappa shape index (κ1) is 43.6. The quantitative estimate of drug-likeness (QED) is 0.0524. The SMILES string of the molecule is CS(=O)(=O)c1cncc(COc2nc(OCc3cccc(-c4cccc(-c5ccc(OCCNCCO)cc5)c4Cl)c3Cl)c(Cl)cc2CNC[C@@H](O)CC(=O)O)c1. The predicted molar refractivity (Wildman–Crippen MR) is 218 cm³/mol. The van der Waals surface area contributed by atoms with Gasteiger partial charge in [0.2, 0.25) is 11.8 Å². The van der Waals surface area contributed by atoms with E-state index in [2.05, 4.69) is 20.6 Å². The van der Waals surface area contributed by atoms with E-state index in [-0.39, 0.29) is 54.6 Å². The molecule has 0 amide bonds. The maximum atomic E-state index is 12.1. The summed E-state index contributed by atoms with van der Waals surface area (Å²) < 4.78 is 42.0. The molecule has 0 saturated carbocycles. The second kappa shape index (κ2) is 20.8. The Morgan fingerprint density at radius 2 is 1.53 bits per heavy atom. The van der Waals surface area contributed by atoms with Gasteiger partial charge in [0.05, 0.1) is 34.1 Å². The molecule has 302 valence electrons. The lowest BCUT2D eigenvalue weighted by Gasteiger charge is -2.17. The molecule has 1 atom stereocenters. The number of aromatic nitrogens is 2. The van der Waals surface area contributed by atoms with Gasteiger partial charge in [-0.05, 0) is 29.8 Å². The lowest BCUT2D eigenvalue weighted by molar-refractivity contribution is -0.139. The third-order valence-corrected chi connectivity index (χ3v) is 10.6. The van der Waals surface area contributed by atoms with Crippen LogP contribution in [0.5, 0.6) is 17.5 Å². The van der Waals surface area contributed by atoms with Crippen LogP contribution in [0.1, 0.15) is 23.1 Å². The number of carboxylic acid groups (broad SMARTS) is 1. The lowest BCUT2D eigenvalue weighted by Crippen LogP contribution is -2.28. The summed E-state index contributed by atoms with van der Waals surface area (Å²) in [6, 6.07) is 21.8. The molecule has 5 rings (SSSR count). The van der Waals surface area contributed by atoms with Gasteiger partial charge >= 0.3 is 5.97 Å². The molecule has 0 spiro atoms. The number of carboxylic acids is 1. The molecular formula is C40H41Cl3N4O9S. The molecule has 0 bridgehead atoms. The summed E-state index contributed by atoms with van der Waals surface area (Å²) in [4.78, 5) is 19.5. The lowest BCUT2D eigenvalue weighted by atomic mass is 9.97. The predicted octanol–water partition coefficient (Wildman–Crippen LogP) is 6.22. The topological polar surface area (TPSA) is 189 Å². The number of hydrogen-bond donors (Lipinski definition) is 5. The van der Waals surface area contributed by atoms with Crippen LogP contribution in [0.4, 0.5) is 0 Å². The summed E-state index contributed by atoms with van der Waals surface area (Å²) in [7, 11) is -3.52. The number of sulfone groups is 1. The van der Waals surface area contributed by atoms with Gasteiger partial charge in [0.25, 0.3) is 0 Å². The Kier molecular flexibility index (Phi) is 15.9. The number of rotatable bonds is 21. The first-order chi connectivity index (χ1) is 27.3. The van der Waals surface area contributed by atoms with Crippen molar-refractivity contribution in [1.82, 2.24) is 20.6 Å². The molecule has 5 aromatic rings. The summed E-state index contributed by atoms with van der Waals surface area (Å²) >= 11 is 20.6. The highest BCUT2D eigenvalue weighted by Gasteiger charge is 2.19. The molecule has 2 aromatic heterocycles. The molecule has 0 unspecified atom stereocenters. The Hall–Kier alpha value is -4.51. The van der Waals surface area contributed by atoms with Gasteiger partial charge in [-0.1, -0.05) is 83.3 Å². The molecule has 5 N–H and O–H groups in total. The average Bonchev–Trinajstić information content (AvgIpc) is 3.17. The first-order valence-electron chi connectivity index (χ1n) is 17.6. The van der Waals surface area contributed by atoms with E-state index in [0.29, 0.717) is 63.3 Å². The van der Waals surface area contributed by atoms with E-state index in [1.165, 1.54) is 18.5 Å². The second-order valence-corrected chi connectivity index (χ2v) is 16.0. The Labute approximate surface area is 345 Å². The van der Waals surface area contributed by atoms with Crippen LogP contribution >= 0.6 is 34.8 Å². The third kappa shape index (κ3) is 12.5. The van der Waals surface area contributed by atoms with Gasteiger partial charge in [-0.15, -0.1) is 0 Å². The van der Waals surface area contributed by atoms with E-state index in [1.54, 1.807) is 12.1 Å². The molecule has 17 heteroatoms. The Morgan fingerprint density at radius 1 is 0.825 bits per heavy atom. The van der Waals surface area contributed by atoms with Crippen LogP contribution in [0.25, 0.3) is 22.3 Å². The van der Waals surface area contributed by atoms with Crippen molar-refractivity contribution in [3.8, 4) is 39.8 Å². The first-order valence-corrected chi connectivity index (χ1v) is 20.7. The van der Waals surface area contributed by atoms with Crippen molar-refractivity contribution in [2.24, 2.45) is 0 Å². The highest BCUT2D eigenvalue weighted by Crippen LogP contribution is 2.41. The molecule has 0 aliphatic heterocycles. The van der Waals surface area contributed by atoms with E-state index in [4.69, 9.17) is 59.2 Å². The van der Waals surface area contributed by atoms with Crippen LogP contribution in [0.15, 0.2) is 90.1 Å². The summed E-state index contributed by atoms with van der Waals surface area (Å²) in [5.41, 5.74) is 4.62. The molecule has 2 heterocycles. The standard InChI is InChI=1S/C40H41Cl3N4O9S/c1-57(52,53)31-16-25(19-45-22-31)23-55-39-28(20-46-21-29(49)18-36(50)51)17-35(41)40(47-39)56-24-27-4-2-6-33(37(27)42)34-7-3-5-32(38(34)43)26-8-10-30(11-9-26)54-15-13-44-12-14-48/h2-11,16-17,19,22,29,44,46,48-49H,12-15,18,20-21,23-24H2,1H3,(H,50,51)/t29-/m0/s1. The number of aliphatic hydroxyl groups excluding tert-OH is 2. The van der Waals surface area contributed by atoms with E-state index < -0.39 is 28.3 Å². The number of aliphatic hydroxyl groups is 2. The highest BCUT2D eigenvalue weighted by molar-refractivity contribution is 7.90. The van der Waals surface area contributed by atoms with Crippen molar-refractivity contribution in [2.45, 2.75) is 37.2 Å². The summed E-state index contributed by atoms with van der Waals surface area (Å²) in [5.74, 6) is -0.311. The van der Waals surface area contributed by atoms with E-state index in [9.17, 15) is 18.3 Å². The number of aliphatic carboxylic acids is 1. The van der Waals surface area contributed by atoms with Crippen LogP contribution in [0, 0.1) is 0 Å². The maximum absolute atomic E-state index is 12.1. The van der Waals surface area contributed by atoms with Crippen LogP contribution in [0.3, 0.4) is 0 Å². The largest absolute Gasteiger partial charge is 0.492 e. The Morgan fingerprint density at radius 3 is 2.25 bits per heavy atom. The molecule has 0 fully saturated rings. The average molecular weight is 860 g/mol. The molecule has 0 aliphatic carbocycles. The number of nitrogens with one attached hydrogen (secondary N) is 2. The summed E-state index contributed by atoms with van der Waals surface area (Å²) in [5, 5.41) is 35.0. The van der Waals surface area contributed by atoms with E-state index in [0.717, 1.165) is 17.4 Å². The summed E-state index contributed by atoms with van der Waals surface area (Å²) in [6.07, 6.45) is 2.21. The third-order valence-electron chi connectivity index (χ3n) is 8.40. The molecule has 0 radical (unpaired) electrons. The van der Waals surface area contributed by atoms with E-state index in [1.807, 2.05) is 54.6 Å². The fourth-order valence-electron chi connectivity index (χ4n) is 5.58. The zero-order chi connectivity index (χ0) is 41.0. The highest BCUT2D eigenvalue weighted by atomic mass is 35.5. The fourth-order valence-corrected chi connectivity index (χ4v) is 7.04. The van der Waals surface area contributed by atoms with Crippen molar-refractivity contribution >= 4 is 50.6 Å². The van der Waals surface area contributed by atoms with Crippen molar-refractivity contribution in [2.75, 3.05) is 39.1 Å². The van der Waals surface area contributed by atoms with Crippen LogP contribution in [-0.2, 0) is 34.4 Å². The van der Waals surface area contributed by atoms with Gasteiger partial charge in [-0.3, -0.25) is 9.78 Å². The van der Waals surface area contributed by atoms with Gasteiger partial charge in [-0.2, -0.15) is 4.98 Å². The minimum atomic E-state index is -3.52. The van der Waals surface area contributed by atoms with Crippen molar-refractivity contribution in [3.05, 3.63) is 117 Å². The zero-order valence-corrected chi connectivity index (χ0v) is 33.8. The van der Waals surface area contributed by atoms with Crippen molar-refractivity contribution in [1.29, 1.82) is 0 Å². The number of benzene rings is 3. The number of nitrogens with zero attached hydrogens (tertiary/aromatic N) is 2. The number of hydrogen-bond acceptors (Lipinski definition) is 12. The van der Waals surface area contributed by atoms with Gasteiger partial charge < -0.3 is 40.2 Å². The molecule has 13 nitrogen and oxygen atoms in total. The minimum Gasteiger partial charge on any atom is -0.492 e. The van der Waals surface area contributed by atoms with Gasteiger partial charge in [-0.25, -0.2) is 8.42 Å². The Balaban J connectivity index is 1.34. The molecular weight excluding hydrogens is 819 g/mol. The minimum absolute atomic E-state index is 0.0258. The zero-order valence-electron chi connectivity index (χ0n) is 30.8. The normalized spacial score (nSPS) is 12.0. The number of pyridine rings is 2. The van der Waals surface area contributed by atoms with E-state index >= 15 is 0 Å². The van der Waals surface area contributed by atoms with Crippen LogP contribution < -0.4 is 24.8 Å². The molecule has 0 saturated heterocycles. The van der Waals surface area contributed by atoms with Crippen LogP contribution in [-0.4, -0.2) is 84.9 Å². The number of ether oxygens (including phenoxy) is 3. The van der Waals surface area contributed by atoms with Crippen molar-refractivity contribution in [3.63, 3.8) is 0 Å². The second-order valence-electron chi connectivity index (χ2n) is 12.8. The molecule has 57 heavy (non-hydrogen) atoms. The van der Waals surface area contributed by atoms with Crippen LogP contribution in [0.2, 0.25) is 15.1 Å².